The van der Waals surface area contributed by atoms with Gasteiger partial charge in [-0.05, 0) is 54.1 Å². The first-order chi connectivity index (χ1) is 13.9. The topological polar surface area (TPSA) is 66.5 Å². The van der Waals surface area contributed by atoms with Crippen molar-refractivity contribution in [2.45, 2.75) is 23.1 Å². The molecule has 0 saturated carbocycles. The van der Waals surface area contributed by atoms with Gasteiger partial charge in [-0.2, -0.15) is 0 Å². The summed E-state index contributed by atoms with van der Waals surface area (Å²) >= 11 is 2.57. The number of hydrogen-bond acceptors (Lipinski definition) is 5. The van der Waals surface area contributed by atoms with E-state index in [4.69, 9.17) is 0 Å². The van der Waals surface area contributed by atoms with Gasteiger partial charge in [0.2, 0.25) is 10.0 Å². The molecule has 1 fully saturated rings. The van der Waals surface area contributed by atoms with Crippen LogP contribution in [0.4, 0.5) is 4.39 Å². The van der Waals surface area contributed by atoms with Crippen LogP contribution in [0.5, 0.6) is 0 Å². The first-order valence-electron chi connectivity index (χ1n) is 9.13. The Morgan fingerprint density at radius 1 is 1.07 bits per heavy atom. The van der Waals surface area contributed by atoms with Crippen molar-refractivity contribution in [1.82, 2.24) is 9.62 Å². The van der Waals surface area contributed by atoms with Crippen molar-refractivity contribution in [2.75, 3.05) is 13.1 Å². The summed E-state index contributed by atoms with van der Waals surface area (Å²) in [6, 6.07) is 13.0. The van der Waals surface area contributed by atoms with Crippen molar-refractivity contribution in [2.24, 2.45) is 0 Å². The van der Waals surface area contributed by atoms with Crippen molar-refractivity contribution >= 4 is 38.6 Å². The molecule has 29 heavy (non-hydrogen) atoms. The second-order valence-corrected chi connectivity index (χ2v) is 10.8. The fourth-order valence-electron chi connectivity index (χ4n) is 3.27. The Kier molecular flexibility index (Phi) is 5.82. The molecule has 1 aliphatic heterocycles. The number of carbonyl (C=O) groups excluding carboxylic acids is 1. The van der Waals surface area contributed by atoms with Gasteiger partial charge in [0, 0.05) is 24.0 Å². The Balaban J connectivity index is 1.36. The average Bonchev–Trinajstić information content (AvgIpc) is 3.41. The molecule has 1 aromatic carbocycles. The van der Waals surface area contributed by atoms with E-state index in [0.29, 0.717) is 35.0 Å². The second kappa shape index (κ2) is 8.35. The first-order valence-corrected chi connectivity index (χ1v) is 12.3. The molecule has 3 aromatic rings. The predicted molar refractivity (Wildman–Crippen MR) is 113 cm³/mol. The van der Waals surface area contributed by atoms with E-state index in [1.54, 1.807) is 40.6 Å². The number of rotatable bonds is 5. The number of halogens is 1. The maximum atomic E-state index is 13.1. The molecular formula is C20H19FN2O3S3. The molecule has 3 heterocycles. The zero-order chi connectivity index (χ0) is 20.4. The summed E-state index contributed by atoms with van der Waals surface area (Å²) in [5.74, 6) is -0.345. The van der Waals surface area contributed by atoms with E-state index >= 15 is 0 Å². The summed E-state index contributed by atoms with van der Waals surface area (Å²) in [7, 11) is -3.50. The summed E-state index contributed by atoms with van der Waals surface area (Å²) < 4.78 is 40.9. The van der Waals surface area contributed by atoms with Gasteiger partial charge in [0.1, 0.15) is 10.0 Å². The summed E-state index contributed by atoms with van der Waals surface area (Å²) in [5.41, 5.74) is 0.872. The molecule has 1 N–H and O–H groups in total. The van der Waals surface area contributed by atoms with E-state index in [-0.39, 0.29) is 17.8 Å². The number of sulfonamides is 1. The molecule has 1 aliphatic rings. The molecule has 1 saturated heterocycles. The standard InChI is InChI=1S/C20H19FN2O3S3/c21-15-5-3-14(4-6-15)17-7-8-18(28-17)20(24)23-11-9-16(10-12-23)22-29(25,26)19-2-1-13-27-19/h1-8,13,16,22H,9-12H2. The number of amides is 1. The van der Waals surface area contributed by atoms with E-state index in [0.717, 1.165) is 10.4 Å². The molecule has 0 aliphatic carbocycles. The summed E-state index contributed by atoms with van der Waals surface area (Å²) in [5, 5.41) is 1.73. The number of nitrogens with zero attached hydrogens (tertiary/aromatic N) is 1. The lowest BCUT2D eigenvalue weighted by Gasteiger charge is -2.31. The third kappa shape index (κ3) is 4.58. The van der Waals surface area contributed by atoms with Gasteiger partial charge < -0.3 is 4.90 Å². The van der Waals surface area contributed by atoms with Crippen LogP contribution in [0.1, 0.15) is 22.5 Å². The van der Waals surface area contributed by atoms with E-state index in [1.807, 2.05) is 6.07 Å². The number of thiophene rings is 2. The highest BCUT2D eigenvalue weighted by Crippen LogP contribution is 2.29. The van der Waals surface area contributed by atoms with E-state index < -0.39 is 10.0 Å². The van der Waals surface area contributed by atoms with Gasteiger partial charge >= 0.3 is 0 Å². The van der Waals surface area contributed by atoms with Crippen LogP contribution >= 0.6 is 22.7 Å². The Labute approximate surface area is 176 Å². The second-order valence-electron chi connectivity index (χ2n) is 6.79. The van der Waals surface area contributed by atoms with Gasteiger partial charge in [0.25, 0.3) is 5.91 Å². The van der Waals surface area contributed by atoms with Crippen LogP contribution in [0.15, 0.2) is 58.1 Å². The average molecular weight is 451 g/mol. The lowest BCUT2D eigenvalue weighted by Crippen LogP contribution is -2.46. The molecule has 0 radical (unpaired) electrons. The largest absolute Gasteiger partial charge is 0.338 e. The third-order valence-electron chi connectivity index (χ3n) is 4.81. The van der Waals surface area contributed by atoms with Gasteiger partial charge in [-0.3, -0.25) is 4.79 Å². The van der Waals surface area contributed by atoms with Gasteiger partial charge in [-0.1, -0.05) is 18.2 Å². The Morgan fingerprint density at radius 2 is 1.79 bits per heavy atom. The van der Waals surface area contributed by atoms with Crippen molar-refractivity contribution in [3.05, 3.63) is 64.6 Å². The molecule has 0 atom stereocenters. The quantitative estimate of drug-likeness (QED) is 0.634. The Bertz CT molecular complexity index is 1080. The zero-order valence-electron chi connectivity index (χ0n) is 15.4. The normalized spacial score (nSPS) is 15.6. The molecule has 0 bridgehead atoms. The highest BCUT2D eigenvalue weighted by Gasteiger charge is 2.28. The number of carbonyl (C=O) groups is 1. The van der Waals surface area contributed by atoms with Crippen molar-refractivity contribution in [3.8, 4) is 10.4 Å². The fraction of sp³-hybridized carbons (Fsp3) is 0.250. The molecule has 9 heteroatoms. The maximum absolute atomic E-state index is 13.1. The fourth-order valence-corrected chi connectivity index (χ4v) is 6.57. The first kappa shape index (κ1) is 20.2. The van der Waals surface area contributed by atoms with E-state index in [2.05, 4.69) is 4.72 Å². The molecule has 4 rings (SSSR count). The minimum atomic E-state index is -3.50. The van der Waals surface area contributed by atoms with Crippen molar-refractivity contribution in [3.63, 3.8) is 0 Å². The number of likely N-dealkylation sites (tertiary alicyclic amines) is 1. The number of benzene rings is 1. The van der Waals surface area contributed by atoms with Gasteiger partial charge in [0.05, 0.1) is 4.88 Å². The molecule has 0 unspecified atom stereocenters. The summed E-state index contributed by atoms with van der Waals surface area (Å²) in [6.07, 6.45) is 1.15. The molecule has 1 amide bonds. The van der Waals surface area contributed by atoms with Crippen LogP contribution in [0.25, 0.3) is 10.4 Å². The van der Waals surface area contributed by atoms with Crippen LogP contribution in [-0.4, -0.2) is 38.4 Å². The van der Waals surface area contributed by atoms with Crippen molar-refractivity contribution < 1.29 is 17.6 Å². The Hall–Kier alpha value is -2.07. The van der Waals surface area contributed by atoms with Gasteiger partial charge in [-0.15, -0.1) is 22.7 Å². The van der Waals surface area contributed by atoms with Crippen LogP contribution < -0.4 is 4.72 Å². The Morgan fingerprint density at radius 3 is 2.45 bits per heavy atom. The van der Waals surface area contributed by atoms with E-state index in [1.165, 1.54) is 34.8 Å². The lowest BCUT2D eigenvalue weighted by molar-refractivity contribution is 0.0716. The number of hydrogen-bond donors (Lipinski definition) is 1. The molecule has 2 aromatic heterocycles. The highest BCUT2D eigenvalue weighted by atomic mass is 32.2. The summed E-state index contributed by atoms with van der Waals surface area (Å²) in [4.78, 5) is 16.1. The molecular weight excluding hydrogens is 431 g/mol. The van der Waals surface area contributed by atoms with Crippen molar-refractivity contribution in [1.29, 1.82) is 0 Å². The molecule has 0 spiro atoms. The van der Waals surface area contributed by atoms with E-state index in [9.17, 15) is 17.6 Å². The number of nitrogens with one attached hydrogen (secondary N) is 1. The maximum Gasteiger partial charge on any atom is 0.263 e. The monoisotopic (exact) mass is 450 g/mol. The minimum absolute atomic E-state index is 0.0528. The van der Waals surface area contributed by atoms with Crippen LogP contribution in [0.3, 0.4) is 0 Å². The van der Waals surface area contributed by atoms with Gasteiger partial charge in [0.15, 0.2) is 0 Å². The highest BCUT2D eigenvalue weighted by molar-refractivity contribution is 7.91. The lowest BCUT2D eigenvalue weighted by atomic mass is 10.1. The predicted octanol–water partition coefficient (Wildman–Crippen LogP) is 4.20. The summed E-state index contributed by atoms with van der Waals surface area (Å²) in [6.45, 7) is 1.00. The minimum Gasteiger partial charge on any atom is -0.338 e. The van der Waals surface area contributed by atoms with Crippen LogP contribution in [0.2, 0.25) is 0 Å². The third-order valence-corrected chi connectivity index (χ3v) is 8.85. The SMILES string of the molecule is O=C(c1ccc(-c2ccc(F)cc2)s1)N1CCC(NS(=O)(=O)c2cccs2)CC1. The molecule has 152 valence electrons. The van der Waals surface area contributed by atoms with Crippen LogP contribution in [-0.2, 0) is 10.0 Å². The zero-order valence-corrected chi connectivity index (χ0v) is 17.8. The number of piperidine rings is 1. The molecule has 5 nitrogen and oxygen atoms in total. The smallest absolute Gasteiger partial charge is 0.263 e. The van der Waals surface area contributed by atoms with Crippen LogP contribution in [0, 0.1) is 5.82 Å². The van der Waals surface area contributed by atoms with Gasteiger partial charge in [-0.25, -0.2) is 17.5 Å².